The Kier molecular flexibility index (Phi) is 5.28. The number of amides is 1. The van der Waals surface area contributed by atoms with Crippen molar-refractivity contribution in [1.29, 1.82) is 0 Å². The normalized spacial score (nSPS) is 14.3. The van der Waals surface area contributed by atoms with Gasteiger partial charge in [-0.05, 0) is 37.0 Å². The van der Waals surface area contributed by atoms with Crippen LogP contribution in [0.5, 0.6) is 0 Å². The molecule has 0 heterocycles. The molecule has 0 aliphatic rings. The molecule has 2 atom stereocenters. The maximum atomic E-state index is 13.1. The van der Waals surface area contributed by atoms with Gasteiger partial charge in [0.25, 0.3) is 0 Å². The second-order valence-corrected chi connectivity index (χ2v) is 5.02. The van der Waals surface area contributed by atoms with Gasteiger partial charge in [0.1, 0.15) is 5.82 Å². The van der Waals surface area contributed by atoms with Crippen molar-refractivity contribution in [3.63, 3.8) is 0 Å². The number of nitrogens with one attached hydrogen (secondary N) is 1. The van der Waals surface area contributed by atoms with Crippen LogP contribution in [0.3, 0.4) is 0 Å². The van der Waals surface area contributed by atoms with Gasteiger partial charge in [-0.3, -0.25) is 4.79 Å². The van der Waals surface area contributed by atoms with Crippen molar-refractivity contribution in [1.82, 2.24) is 5.32 Å². The standard InChI is InChI=1S/C14H21FN2O/c1-9(2)7-13(16)14(18)17-10(3)11-5-4-6-12(15)8-11/h4-6,8-10,13H,7,16H2,1-3H3,(H,17,18)/t10-,13-/m1/s1. The number of carbonyl (C=O) groups excluding carboxylic acids is 1. The highest BCUT2D eigenvalue weighted by Gasteiger charge is 2.17. The van der Waals surface area contributed by atoms with Crippen LogP contribution in [0.4, 0.5) is 4.39 Å². The van der Waals surface area contributed by atoms with Gasteiger partial charge in [-0.25, -0.2) is 4.39 Å². The summed E-state index contributed by atoms with van der Waals surface area (Å²) in [6.45, 7) is 5.85. The molecule has 1 aromatic carbocycles. The van der Waals surface area contributed by atoms with Crippen molar-refractivity contribution in [2.45, 2.75) is 39.3 Å². The highest BCUT2D eigenvalue weighted by atomic mass is 19.1. The maximum absolute atomic E-state index is 13.1. The Morgan fingerprint density at radius 1 is 1.39 bits per heavy atom. The molecule has 0 unspecified atom stereocenters. The van der Waals surface area contributed by atoms with Crippen LogP contribution in [0.2, 0.25) is 0 Å². The number of hydrogen-bond acceptors (Lipinski definition) is 2. The van der Waals surface area contributed by atoms with Crippen molar-refractivity contribution >= 4 is 5.91 Å². The third-order valence-corrected chi connectivity index (χ3v) is 2.77. The second-order valence-electron chi connectivity index (χ2n) is 5.02. The fourth-order valence-corrected chi connectivity index (χ4v) is 1.79. The van der Waals surface area contributed by atoms with Gasteiger partial charge in [0.2, 0.25) is 5.91 Å². The molecule has 1 rings (SSSR count). The van der Waals surface area contributed by atoms with E-state index in [0.717, 1.165) is 5.56 Å². The molecule has 0 fully saturated rings. The summed E-state index contributed by atoms with van der Waals surface area (Å²) in [5.74, 6) is -0.129. The molecular formula is C14H21FN2O. The summed E-state index contributed by atoms with van der Waals surface area (Å²) in [5.41, 5.74) is 6.52. The van der Waals surface area contributed by atoms with Crippen LogP contribution in [0, 0.1) is 11.7 Å². The summed E-state index contributed by atoms with van der Waals surface area (Å²) in [6, 6.07) is 5.44. The Morgan fingerprint density at radius 3 is 2.61 bits per heavy atom. The number of nitrogens with two attached hydrogens (primary N) is 1. The van der Waals surface area contributed by atoms with E-state index in [1.165, 1.54) is 12.1 Å². The molecule has 0 bridgehead atoms. The van der Waals surface area contributed by atoms with Crippen LogP contribution >= 0.6 is 0 Å². The minimum absolute atomic E-state index is 0.194. The number of benzene rings is 1. The molecule has 4 heteroatoms. The molecule has 0 saturated heterocycles. The van der Waals surface area contributed by atoms with E-state index in [2.05, 4.69) is 5.32 Å². The van der Waals surface area contributed by atoms with E-state index < -0.39 is 6.04 Å². The average Bonchev–Trinajstić information content (AvgIpc) is 2.27. The highest BCUT2D eigenvalue weighted by Crippen LogP contribution is 2.14. The lowest BCUT2D eigenvalue weighted by atomic mass is 10.0. The lowest BCUT2D eigenvalue weighted by molar-refractivity contribution is -0.123. The lowest BCUT2D eigenvalue weighted by Crippen LogP contribution is -2.42. The largest absolute Gasteiger partial charge is 0.348 e. The van der Waals surface area contributed by atoms with E-state index >= 15 is 0 Å². The van der Waals surface area contributed by atoms with Gasteiger partial charge in [-0.2, -0.15) is 0 Å². The molecule has 0 saturated carbocycles. The monoisotopic (exact) mass is 252 g/mol. The zero-order valence-electron chi connectivity index (χ0n) is 11.1. The van der Waals surface area contributed by atoms with Gasteiger partial charge in [0.05, 0.1) is 12.1 Å². The first kappa shape index (κ1) is 14.6. The minimum atomic E-state index is -0.513. The molecule has 0 aromatic heterocycles. The predicted molar refractivity (Wildman–Crippen MR) is 70.4 cm³/mol. The quantitative estimate of drug-likeness (QED) is 0.845. The van der Waals surface area contributed by atoms with E-state index in [-0.39, 0.29) is 17.8 Å². The Balaban J connectivity index is 2.59. The zero-order chi connectivity index (χ0) is 13.7. The molecule has 3 nitrogen and oxygen atoms in total. The van der Waals surface area contributed by atoms with Crippen molar-refractivity contribution in [2.24, 2.45) is 11.7 Å². The highest BCUT2D eigenvalue weighted by molar-refractivity contribution is 5.81. The van der Waals surface area contributed by atoms with Crippen LogP contribution in [0.25, 0.3) is 0 Å². The van der Waals surface area contributed by atoms with Gasteiger partial charge in [0.15, 0.2) is 0 Å². The van der Waals surface area contributed by atoms with Gasteiger partial charge < -0.3 is 11.1 Å². The first-order valence-corrected chi connectivity index (χ1v) is 6.21. The molecule has 0 aliphatic carbocycles. The summed E-state index contributed by atoms with van der Waals surface area (Å²) >= 11 is 0. The third kappa shape index (κ3) is 4.45. The first-order chi connectivity index (χ1) is 8.40. The van der Waals surface area contributed by atoms with Crippen molar-refractivity contribution in [3.8, 4) is 0 Å². The lowest BCUT2D eigenvalue weighted by Gasteiger charge is -2.19. The smallest absolute Gasteiger partial charge is 0.237 e. The SMILES string of the molecule is CC(C)C[C@@H](N)C(=O)N[C@H](C)c1cccc(F)c1. The van der Waals surface area contributed by atoms with Crippen LogP contribution in [-0.4, -0.2) is 11.9 Å². The zero-order valence-corrected chi connectivity index (χ0v) is 11.1. The molecule has 0 aliphatic heterocycles. The Bertz CT molecular complexity index is 407. The van der Waals surface area contributed by atoms with Crippen LogP contribution in [0.1, 0.15) is 38.8 Å². The number of carbonyl (C=O) groups is 1. The van der Waals surface area contributed by atoms with E-state index in [1.54, 1.807) is 12.1 Å². The molecule has 0 spiro atoms. The van der Waals surface area contributed by atoms with Crippen LogP contribution in [0.15, 0.2) is 24.3 Å². The van der Waals surface area contributed by atoms with Crippen molar-refractivity contribution in [3.05, 3.63) is 35.6 Å². The number of rotatable bonds is 5. The Labute approximate surface area is 108 Å². The molecule has 3 N–H and O–H groups in total. The Morgan fingerprint density at radius 2 is 2.06 bits per heavy atom. The summed E-state index contributed by atoms with van der Waals surface area (Å²) in [4.78, 5) is 11.8. The summed E-state index contributed by atoms with van der Waals surface area (Å²) in [7, 11) is 0. The van der Waals surface area contributed by atoms with Gasteiger partial charge in [-0.1, -0.05) is 26.0 Å². The fraction of sp³-hybridized carbons (Fsp3) is 0.500. The summed E-state index contributed by atoms with van der Waals surface area (Å²) < 4.78 is 13.1. The Hall–Kier alpha value is -1.42. The van der Waals surface area contributed by atoms with Crippen molar-refractivity contribution in [2.75, 3.05) is 0 Å². The van der Waals surface area contributed by atoms with Crippen molar-refractivity contribution < 1.29 is 9.18 Å². The predicted octanol–water partition coefficient (Wildman–Crippen LogP) is 2.38. The summed E-state index contributed by atoms with van der Waals surface area (Å²) in [5, 5.41) is 2.80. The molecule has 0 radical (unpaired) electrons. The molecule has 1 amide bonds. The van der Waals surface area contributed by atoms with E-state index in [0.29, 0.717) is 12.3 Å². The van der Waals surface area contributed by atoms with E-state index in [1.807, 2.05) is 20.8 Å². The average molecular weight is 252 g/mol. The minimum Gasteiger partial charge on any atom is -0.348 e. The number of hydrogen-bond donors (Lipinski definition) is 2. The van der Waals surface area contributed by atoms with Gasteiger partial charge in [0, 0.05) is 0 Å². The van der Waals surface area contributed by atoms with Gasteiger partial charge in [-0.15, -0.1) is 0 Å². The van der Waals surface area contributed by atoms with Crippen LogP contribution in [-0.2, 0) is 4.79 Å². The maximum Gasteiger partial charge on any atom is 0.237 e. The topological polar surface area (TPSA) is 55.1 Å². The first-order valence-electron chi connectivity index (χ1n) is 6.21. The molecular weight excluding hydrogens is 231 g/mol. The fourth-order valence-electron chi connectivity index (χ4n) is 1.79. The van der Waals surface area contributed by atoms with Crippen LogP contribution < -0.4 is 11.1 Å². The molecule has 1 aromatic rings. The molecule has 100 valence electrons. The summed E-state index contributed by atoms with van der Waals surface area (Å²) in [6.07, 6.45) is 0.641. The van der Waals surface area contributed by atoms with E-state index in [4.69, 9.17) is 5.73 Å². The van der Waals surface area contributed by atoms with E-state index in [9.17, 15) is 9.18 Å². The second kappa shape index (κ2) is 6.50. The van der Waals surface area contributed by atoms with Gasteiger partial charge >= 0.3 is 0 Å². The third-order valence-electron chi connectivity index (χ3n) is 2.77. The molecule has 18 heavy (non-hydrogen) atoms. The number of halogens is 1.